The number of benzene rings is 2. The number of rotatable bonds is 6. The summed E-state index contributed by atoms with van der Waals surface area (Å²) in [6.07, 6.45) is -1.83. The summed E-state index contributed by atoms with van der Waals surface area (Å²) in [5.41, 5.74) is 1.07. The molecule has 0 unspecified atom stereocenters. The van der Waals surface area contributed by atoms with Crippen LogP contribution < -0.4 is 5.32 Å². The number of Topliss-reactive ketones (excluding diaryl/α,β-unsaturated/α-hetero) is 1. The van der Waals surface area contributed by atoms with Crippen molar-refractivity contribution in [3.63, 3.8) is 0 Å². The fraction of sp³-hybridized carbons (Fsp3) is 0.481. The fourth-order valence-electron chi connectivity index (χ4n) is 4.29. The number of carbonyl (C=O) groups is 2. The smallest absolute Gasteiger partial charge is 0.454 e. The van der Waals surface area contributed by atoms with Gasteiger partial charge in [-0.3, -0.25) is 4.79 Å². The minimum Gasteiger partial charge on any atom is -0.508 e. The van der Waals surface area contributed by atoms with Crippen molar-refractivity contribution in [1.29, 1.82) is 0 Å². The molecular formula is C27H33F3N2O4. The molecule has 0 aromatic heterocycles. The van der Waals surface area contributed by atoms with E-state index >= 15 is 0 Å². The van der Waals surface area contributed by atoms with Crippen LogP contribution in [0, 0.1) is 0 Å². The van der Waals surface area contributed by atoms with Gasteiger partial charge < -0.3 is 20.1 Å². The van der Waals surface area contributed by atoms with E-state index in [1.807, 2.05) is 20.8 Å². The molecule has 1 aliphatic carbocycles. The number of phenols is 1. The average molecular weight is 507 g/mol. The highest BCUT2D eigenvalue weighted by Gasteiger charge is 2.39. The highest BCUT2D eigenvalue weighted by Crippen LogP contribution is 2.29. The molecule has 9 heteroatoms. The number of nitrogens with one attached hydrogen (secondary N) is 1. The Morgan fingerprint density at radius 3 is 2.14 bits per heavy atom. The molecule has 0 heterocycles. The number of hydrogen-bond donors (Lipinski definition) is 2. The van der Waals surface area contributed by atoms with Gasteiger partial charge in [-0.15, -0.1) is 0 Å². The molecule has 36 heavy (non-hydrogen) atoms. The number of alkyl halides is 3. The lowest BCUT2D eigenvalue weighted by molar-refractivity contribution is -0.0885. The Morgan fingerprint density at radius 2 is 1.58 bits per heavy atom. The second kappa shape index (κ2) is 10.9. The van der Waals surface area contributed by atoms with Crippen LogP contribution >= 0.6 is 0 Å². The summed E-state index contributed by atoms with van der Waals surface area (Å²) < 4.78 is 43.4. The number of ketones is 1. The lowest BCUT2D eigenvalue weighted by Crippen LogP contribution is -2.44. The first-order valence-electron chi connectivity index (χ1n) is 12.0. The lowest BCUT2D eigenvalue weighted by Gasteiger charge is -2.35. The third-order valence-electron chi connectivity index (χ3n) is 6.32. The molecule has 1 saturated carbocycles. The van der Waals surface area contributed by atoms with Gasteiger partial charge in [0.1, 0.15) is 11.4 Å². The van der Waals surface area contributed by atoms with Gasteiger partial charge >= 0.3 is 12.3 Å². The number of halogens is 3. The maximum atomic E-state index is 12.6. The van der Waals surface area contributed by atoms with E-state index in [4.69, 9.17) is 4.74 Å². The molecular weight excluding hydrogens is 473 g/mol. The molecule has 0 atom stereocenters. The number of phenolic OH excluding ortho intramolecular Hbond substituents is 1. The van der Waals surface area contributed by atoms with Crippen LogP contribution in [0.3, 0.4) is 0 Å². The third kappa shape index (κ3) is 7.22. The van der Waals surface area contributed by atoms with E-state index in [0.717, 1.165) is 43.4 Å². The van der Waals surface area contributed by atoms with E-state index in [0.29, 0.717) is 17.7 Å². The van der Waals surface area contributed by atoms with Gasteiger partial charge in [-0.05, 0) is 69.7 Å². The first kappa shape index (κ1) is 27.5. The molecule has 0 bridgehead atoms. The monoisotopic (exact) mass is 506 g/mol. The van der Waals surface area contributed by atoms with E-state index in [-0.39, 0.29) is 23.9 Å². The van der Waals surface area contributed by atoms with Crippen molar-refractivity contribution < 1.29 is 32.6 Å². The molecule has 0 aliphatic heterocycles. The van der Waals surface area contributed by atoms with Crippen molar-refractivity contribution in [1.82, 2.24) is 10.2 Å². The normalized spacial score (nSPS) is 18.5. The first-order valence-corrected chi connectivity index (χ1v) is 12.0. The van der Waals surface area contributed by atoms with E-state index in [2.05, 4.69) is 5.32 Å². The topological polar surface area (TPSA) is 78.9 Å². The zero-order valence-electron chi connectivity index (χ0n) is 21.0. The van der Waals surface area contributed by atoms with Crippen LogP contribution in [0.15, 0.2) is 42.5 Å². The molecule has 2 aromatic carbocycles. The number of carbonyl (C=O) groups excluding carboxylic acids is 2. The van der Waals surface area contributed by atoms with Gasteiger partial charge in [0.05, 0.1) is 0 Å². The first-order chi connectivity index (χ1) is 16.7. The van der Waals surface area contributed by atoms with Crippen molar-refractivity contribution in [2.24, 2.45) is 0 Å². The molecule has 0 spiro atoms. The van der Waals surface area contributed by atoms with Gasteiger partial charge in [-0.1, -0.05) is 30.3 Å². The molecule has 196 valence electrons. The molecule has 2 N–H and O–H groups in total. The minimum absolute atomic E-state index is 0.113. The molecule has 2 aromatic rings. The summed E-state index contributed by atoms with van der Waals surface area (Å²) in [5, 5.41) is 13.8. The summed E-state index contributed by atoms with van der Waals surface area (Å²) >= 11 is 0. The van der Waals surface area contributed by atoms with E-state index in [9.17, 15) is 27.9 Å². The van der Waals surface area contributed by atoms with Crippen molar-refractivity contribution in [3.8, 4) is 16.9 Å². The second-order valence-electron chi connectivity index (χ2n) is 10.2. The molecule has 0 radical (unpaired) electrons. The number of nitrogens with zero attached hydrogens (tertiary/aromatic N) is 1. The van der Waals surface area contributed by atoms with Crippen LogP contribution in [0.4, 0.5) is 18.0 Å². The van der Waals surface area contributed by atoms with Crippen LogP contribution in [0.25, 0.3) is 11.1 Å². The SMILES string of the molecule is CN(C(=O)OC(C)(C)C)C1CCC(NCc2cc(-c3ccc(C(=O)C(F)(F)F)cc3)ccc2O)CC1. The van der Waals surface area contributed by atoms with Crippen LogP contribution in [0.1, 0.15) is 62.4 Å². The Balaban J connectivity index is 1.57. The summed E-state index contributed by atoms with van der Waals surface area (Å²) in [5.74, 6) is -1.76. The van der Waals surface area contributed by atoms with E-state index in [1.54, 1.807) is 30.1 Å². The lowest BCUT2D eigenvalue weighted by atomic mass is 9.90. The zero-order valence-corrected chi connectivity index (χ0v) is 21.0. The molecule has 1 fully saturated rings. The maximum absolute atomic E-state index is 12.6. The molecule has 1 aliphatic rings. The summed E-state index contributed by atoms with van der Waals surface area (Å²) in [6.45, 7) is 5.94. The minimum atomic E-state index is -4.91. The van der Waals surface area contributed by atoms with Crippen LogP contribution in [0.2, 0.25) is 0 Å². The Morgan fingerprint density at radius 1 is 1.00 bits per heavy atom. The van der Waals surface area contributed by atoms with Crippen molar-refractivity contribution >= 4 is 11.9 Å². The van der Waals surface area contributed by atoms with Crippen LogP contribution in [-0.4, -0.2) is 52.8 Å². The van der Waals surface area contributed by atoms with E-state index in [1.165, 1.54) is 12.1 Å². The molecule has 1 amide bonds. The Labute approximate surface area is 209 Å². The quantitative estimate of drug-likeness (QED) is 0.465. The Bertz CT molecular complexity index is 1070. The predicted octanol–water partition coefficient (Wildman–Crippen LogP) is 6.07. The van der Waals surface area contributed by atoms with E-state index < -0.39 is 23.1 Å². The van der Waals surface area contributed by atoms with Crippen molar-refractivity contribution in [3.05, 3.63) is 53.6 Å². The van der Waals surface area contributed by atoms with Crippen molar-refractivity contribution in [2.75, 3.05) is 7.05 Å². The fourth-order valence-corrected chi connectivity index (χ4v) is 4.29. The van der Waals surface area contributed by atoms with Crippen LogP contribution in [-0.2, 0) is 11.3 Å². The summed E-state index contributed by atoms with van der Waals surface area (Å²) in [6, 6.07) is 10.6. The Kier molecular flexibility index (Phi) is 8.33. The third-order valence-corrected chi connectivity index (χ3v) is 6.32. The number of amides is 1. The summed E-state index contributed by atoms with van der Waals surface area (Å²) in [7, 11) is 1.77. The highest BCUT2D eigenvalue weighted by atomic mass is 19.4. The van der Waals surface area contributed by atoms with Gasteiger partial charge in [0.25, 0.3) is 5.78 Å². The second-order valence-corrected chi connectivity index (χ2v) is 10.2. The largest absolute Gasteiger partial charge is 0.508 e. The van der Waals surface area contributed by atoms with Gasteiger partial charge in [0.15, 0.2) is 0 Å². The van der Waals surface area contributed by atoms with Gasteiger partial charge in [0, 0.05) is 36.8 Å². The number of ether oxygens (including phenoxy) is 1. The standard InChI is InChI=1S/C27H33F3N2O4/c1-26(2,3)36-25(35)32(4)22-12-10-21(11-13-22)31-16-20-15-19(9-14-23(20)33)17-5-7-18(8-6-17)24(34)27(28,29)30/h5-9,14-15,21-22,31,33H,10-13,16H2,1-4H3. The zero-order chi connectivity index (χ0) is 26.7. The van der Waals surface area contributed by atoms with Gasteiger partial charge in [-0.2, -0.15) is 13.2 Å². The van der Waals surface area contributed by atoms with Gasteiger partial charge in [0.2, 0.25) is 0 Å². The van der Waals surface area contributed by atoms with Crippen LogP contribution in [0.5, 0.6) is 5.75 Å². The summed E-state index contributed by atoms with van der Waals surface area (Å²) in [4.78, 5) is 25.4. The van der Waals surface area contributed by atoms with Crippen molar-refractivity contribution in [2.45, 2.75) is 76.9 Å². The number of hydrogen-bond acceptors (Lipinski definition) is 5. The van der Waals surface area contributed by atoms with Gasteiger partial charge in [-0.25, -0.2) is 4.79 Å². The average Bonchev–Trinajstić information content (AvgIpc) is 2.81. The Hall–Kier alpha value is -3.07. The highest BCUT2D eigenvalue weighted by molar-refractivity contribution is 6.00. The molecule has 0 saturated heterocycles. The molecule has 3 rings (SSSR count). The maximum Gasteiger partial charge on any atom is 0.454 e. The molecule has 6 nitrogen and oxygen atoms in total. The number of aromatic hydroxyl groups is 1. The predicted molar refractivity (Wildman–Crippen MR) is 131 cm³/mol.